The number of benzene rings is 1. The Morgan fingerprint density at radius 1 is 1.21 bits per heavy atom. The minimum atomic E-state index is 0.0121. The minimum absolute atomic E-state index is 0.0121. The second kappa shape index (κ2) is 5.51. The number of hydrogen-bond donors (Lipinski definition) is 2. The Morgan fingerprint density at radius 2 is 1.84 bits per heavy atom. The summed E-state index contributed by atoms with van der Waals surface area (Å²) in [4.78, 5) is 14.3. The fourth-order valence-electron chi connectivity index (χ4n) is 2.92. The van der Waals surface area contributed by atoms with Gasteiger partial charge in [0.2, 0.25) is 0 Å². The number of carbonyl (C=O) groups excluding carboxylic acids is 1. The number of hydrogen-bond acceptors (Lipinski definition) is 3. The van der Waals surface area contributed by atoms with Crippen LogP contribution in [0.2, 0.25) is 0 Å². The predicted octanol–water partition coefficient (Wildman–Crippen LogP) is 2.50. The van der Waals surface area contributed by atoms with E-state index < -0.39 is 0 Å². The summed E-state index contributed by atoms with van der Waals surface area (Å²) in [5.41, 5.74) is 13.1. The number of rotatable bonds is 2. The van der Waals surface area contributed by atoms with Gasteiger partial charge in [-0.3, -0.25) is 4.79 Å². The first-order valence-electron chi connectivity index (χ1n) is 6.90. The third-order valence-corrected chi connectivity index (χ3v) is 4.00. The van der Waals surface area contributed by atoms with Gasteiger partial charge < -0.3 is 16.4 Å². The summed E-state index contributed by atoms with van der Waals surface area (Å²) in [5, 5.41) is 0. The van der Waals surface area contributed by atoms with Crippen LogP contribution in [0, 0.1) is 5.92 Å². The molecule has 1 saturated carbocycles. The molecule has 2 atom stereocenters. The summed E-state index contributed by atoms with van der Waals surface area (Å²) in [6.07, 6.45) is 4.64. The molecule has 1 aromatic carbocycles. The van der Waals surface area contributed by atoms with Crippen LogP contribution in [0.25, 0.3) is 0 Å². The highest BCUT2D eigenvalue weighted by Gasteiger charge is 2.26. The first kappa shape index (κ1) is 13.7. The van der Waals surface area contributed by atoms with Gasteiger partial charge in [-0.25, -0.2) is 0 Å². The molecule has 4 N–H and O–H groups in total. The molecule has 1 fully saturated rings. The standard InChI is InChI=1S/C15H23N3O/c1-10-4-3-5-14(6-10)18(2)15(19)11-7-12(16)9-13(17)8-11/h7-10,14H,3-6,16-17H2,1-2H3. The van der Waals surface area contributed by atoms with Gasteiger partial charge >= 0.3 is 0 Å². The van der Waals surface area contributed by atoms with Gasteiger partial charge in [-0.1, -0.05) is 19.8 Å². The average molecular weight is 261 g/mol. The largest absolute Gasteiger partial charge is 0.399 e. The third-order valence-electron chi connectivity index (χ3n) is 4.00. The molecule has 0 heterocycles. The van der Waals surface area contributed by atoms with Crippen LogP contribution in [0.3, 0.4) is 0 Å². The van der Waals surface area contributed by atoms with E-state index in [2.05, 4.69) is 6.92 Å². The Kier molecular flexibility index (Phi) is 3.98. The molecule has 1 aromatic rings. The van der Waals surface area contributed by atoms with Gasteiger partial charge in [0.15, 0.2) is 0 Å². The lowest BCUT2D eigenvalue weighted by molar-refractivity contribution is 0.0672. The first-order chi connectivity index (χ1) is 8.97. The van der Waals surface area contributed by atoms with E-state index in [1.54, 1.807) is 18.2 Å². The molecule has 104 valence electrons. The molecule has 1 aliphatic carbocycles. The van der Waals surface area contributed by atoms with Crippen LogP contribution in [0.5, 0.6) is 0 Å². The number of nitrogen functional groups attached to an aromatic ring is 2. The van der Waals surface area contributed by atoms with E-state index in [4.69, 9.17) is 11.5 Å². The van der Waals surface area contributed by atoms with Gasteiger partial charge in [0.25, 0.3) is 5.91 Å². The van der Waals surface area contributed by atoms with Crippen molar-refractivity contribution in [2.75, 3.05) is 18.5 Å². The smallest absolute Gasteiger partial charge is 0.253 e. The Bertz CT molecular complexity index is 452. The van der Waals surface area contributed by atoms with E-state index >= 15 is 0 Å². The van der Waals surface area contributed by atoms with Crippen LogP contribution in [0.1, 0.15) is 43.0 Å². The van der Waals surface area contributed by atoms with Crippen LogP contribution in [-0.2, 0) is 0 Å². The summed E-state index contributed by atoms with van der Waals surface area (Å²) < 4.78 is 0. The SMILES string of the molecule is CC1CCCC(N(C)C(=O)c2cc(N)cc(N)c2)C1. The van der Waals surface area contributed by atoms with E-state index in [1.165, 1.54) is 12.8 Å². The summed E-state index contributed by atoms with van der Waals surface area (Å²) in [7, 11) is 1.88. The number of nitrogens with zero attached hydrogens (tertiary/aromatic N) is 1. The number of amides is 1. The summed E-state index contributed by atoms with van der Waals surface area (Å²) in [6, 6.07) is 5.39. The van der Waals surface area contributed by atoms with Crippen LogP contribution < -0.4 is 11.5 Å². The van der Waals surface area contributed by atoms with E-state index in [0.717, 1.165) is 12.8 Å². The van der Waals surface area contributed by atoms with Crippen molar-refractivity contribution >= 4 is 17.3 Å². The molecule has 1 amide bonds. The van der Waals surface area contributed by atoms with Gasteiger partial charge in [-0.05, 0) is 37.0 Å². The topological polar surface area (TPSA) is 72.3 Å². The molecule has 0 aromatic heterocycles. The van der Waals surface area contributed by atoms with Crippen molar-refractivity contribution in [2.24, 2.45) is 5.92 Å². The van der Waals surface area contributed by atoms with Crippen molar-refractivity contribution < 1.29 is 4.79 Å². The molecule has 4 nitrogen and oxygen atoms in total. The fourth-order valence-corrected chi connectivity index (χ4v) is 2.92. The lowest BCUT2D eigenvalue weighted by Gasteiger charge is -2.34. The second-order valence-electron chi connectivity index (χ2n) is 5.73. The Hall–Kier alpha value is -1.71. The normalized spacial score (nSPS) is 23.1. The van der Waals surface area contributed by atoms with Crippen molar-refractivity contribution in [1.82, 2.24) is 4.90 Å². The van der Waals surface area contributed by atoms with Crippen molar-refractivity contribution in [3.63, 3.8) is 0 Å². The lowest BCUT2D eigenvalue weighted by atomic mass is 9.86. The number of carbonyl (C=O) groups is 1. The monoisotopic (exact) mass is 261 g/mol. The number of nitrogens with two attached hydrogens (primary N) is 2. The van der Waals surface area contributed by atoms with Gasteiger partial charge in [0.05, 0.1) is 0 Å². The molecule has 2 unspecified atom stereocenters. The summed E-state index contributed by atoms with van der Waals surface area (Å²) in [5.74, 6) is 0.706. The Morgan fingerprint density at radius 3 is 2.42 bits per heavy atom. The molecule has 4 heteroatoms. The molecule has 19 heavy (non-hydrogen) atoms. The third kappa shape index (κ3) is 3.19. The number of anilines is 2. The van der Waals surface area contributed by atoms with Crippen LogP contribution >= 0.6 is 0 Å². The zero-order valence-corrected chi connectivity index (χ0v) is 11.7. The van der Waals surface area contributed by atoms with E-state index in [1.807, 2.05) is 11.9 Å². The highest BCUT2D eigenvalue weighted by atomic mass is 16.2. The highest BCUT2D eigenvalue weighted by Crippen LogP contribution is 2.27. The van der Waals surface area contributed by atoms with Crippen LogP contribution in [-0.4, -0.2) is 23.9 Å². The van der Waals surface area contributed by atoms with Gasteiger partial charge in [0, 0.05) is 30.0 Å². The molecular weight excluding hydrogens is 238 g/mol. The maximum absolute atomic E-state index is 12.5. The Labute approximate surface area is 114 Å². The molecule has 0 spiro atoms. The molecule has 0 bridgehead atoms. The minimum Gasteiger partial charge on any atom is -0.399 e. The molecule has 0 saturated heterocycles. The van der Waals surface area contributed by atoms with E-state index in [9.17, 15) is 4.79 Å². The predicted molar refractivity (Wildman–Crippen MR) is 78.8 cm³/mol. The van der Waals surface area contributed by atoms with Crippen molar-refractivity contribution in [3.8, 4) is 0 Å². The van der Waals surface area contributed by atoms with E-state index in [-0.39, 0.29) is 5.91 Å². The summed E-state index contributed by atoms with van der Waals surface area (Å²) in [6.45, 7) is 2.25. The zero-order valence-electron chi connectivity index (χ0n) is 11.7. The fraction of sp³-hybridized carbons (Fsp3) is 0.533. The van der Waals surface area contributed by atoms with Gasteiger partial charge in [0.1, 0.15) is 0 Å². The zero-order chi connectivity index (χ0) is 14.0. The average Bonchev–Trinajstić information content (AvgIpc) is 2.36. The van der Waals surface area contributed by atoms with Crippen molar-refractivity contribution in [2.45, 2.75) is 38.6 Å². The van der Waals surface area contributed by atoms with Crippen molar-refractivity contribution in [3.05, 3.63) is 23.8 Å². The Balaban J connectivity index is 2.13. The molecule has 1 aliphatic rings. The highest BCUT2D eigenvalue weighted by molar-refractivity contribution is 5.96. The molecular formula is C15H23N3O. The summed E-state index contributed by atoms with van der Waals surface area (Å²) >= 11 is 0. The quantitative estimate of drug-likeness (QED) is 0.803. The molecule has 0 radical (unpaired) electrons. The molecule has 0 aliphatic heterocycles. The van der Waals surface area contributed by atoms with Crippen LogP contribution in [0.15, 0.2) is 18.2 Å². The van der Waals surface area contributed by atoms with Crippen LogP contribution in [0.4, 0.5) is 11.4 Å². The van der Waals surface area contributed by atoms with Gasteiger partial charge in [-0.2, -0.15) is 0 Å². The van der Waals surface area contributed by atoms with Crippen molar-refractivity contribution in [1.29, 1.82) is 0 Å². The molecule has 2 rings (SSSR count). The lowest BCUT2D eigenvalue weighted by Crippen LogP contribution is -2.39. The van der Waals surface area contributed by atoms with E-state index in [0.29, 0.717) is 28.9 Å². The van der Waals surface area contributed by atoms with Gasteiger partial charge in [-0.15, -0.1) is 0 Å². The first-order valence-corrected chi connectivity index (χ1v) is 6.90. The maximum Gasteiger partial charge on any atom is 0.253 e. The maximum atomic E-state index is 12.5. The second-order valence-corrected chi connectivity index (χ2v) is 5.73.